The lowest BCUT2D eigenvalue weighted by atomic mass is 9.64. The summed E-state index contributed by atoms with van der Waals surface area (Å²) in [6.45, 7) is 0. The molecule has 0 spiro atoms. The molecule has 146 valence electrons. The van der Waals surface area contributed by atoms with Crippen LogP contribution in [0.25, 0.3) is 33.0 Å². The highest BCUT2D eigenvalue weighted by Gasteiger charge is 2.49. The smallest absolute Gasteiger partial charge is 0.0750 e. The maximum absolute atomic E-state index is 2.78. The molecule has 0 saturated heterocycles. The van der Waals surface area contributed by atoms with E-state index in [2.05, 4.69) is 132 Å². The van der Waals surface area contributed by atoms with Crippen molar-refractivity contribution < 1.29 is 0 Å². The molecule has 0 amide bonds. The first-order valence-corrected chi connectivity index (χ1v) is 11.9. The molecule has 1 heteroatoms. The number of alkyl halides is 1. The second-order valence-electron chi connectivity index (χ2n) is 8.56. The highest BCUT2D eigenvalue weighted by Crippen LogP contribution is 2.59. The fraction of sp³-hybridized carbons (Fsp3) is 0.0667. The minimum atomic E-state index is -0.156. The van der Waals surface area contributed by atoms with E-state index in [-0.39, 0.29) is 3.42 Å². The third-order valence-electron chi connectivity index (χ3n) is 7.11. The summed E-state index contributed by atoms with van der Waals surface area (Å²) in [5.74, 6) is 0.302. The van der Waals surface area contributed by atoms with Crippen molar-refractivity contribution in [3.8, 4) is 11.1 Å². The number of benzene rings is 4. The third-order valence-corrected chi connectivity index (χ3v) is 8.90. The van der Waals surface area contributed by atoms with Crippen LogP contribution in [0.3, 0.4) is 0 Å². The molecule has 4 aromatic rings. The monoisotopic (exact) mass is 506 g/mol. The largest absolute Gasteiger partial charge is 0.0840 e. The predicted molar refractivity (Wildman–Crippen MR) is 138 cm³/mol. The second-order valence-corrected chi connectivity index (χ2v) is 10.3. The average molecular weight is 506 g/mol. The van der Waals surface area contributed by atoms with Gasteiger partial charge in [-0.25, -0.2) is 0 Å². The molecule has 31 heavy (non-hydrogen) atoms. The molecular formula is C30H19I. The summed E-state index contributed by atoms with van der Waals surface area (Å²) < 4.78 is -0.156. The summed E-state index contributed by atoms with van der Waals surface area (Å²) in [6.07, 6.45) is 9.16. The highest BCUT2D eigenvalue weighted by molar-refractivity contribution is 14.1. The zero-order valence-electron chi connectivity index (χ0n) is 16.8. The summed E-state index contributed by atoms with van der Waals surface area (Å²) in [5.41, 5.74) is 8.39. The van der Waals surface area contributed by atoms with Crippen molar-refractivity contribution in [2.24, 2.45) is 5.92 Å². The van der Waals surface area contributed by atoms with E-state index in [9.17, 15) is 0 Å². The molecule has 0 aromatic heterocycles. The second kappa shape index (κ2) is 6.30. The van der Waals surface area contributed by atoms with Crippen molar-refractivity contribution in [3.63, 3.8) is 0 Å². The van der Waals surface area contributed by atoms with Crippen LogP contribution < -0.4 is 10.4 Å². The molecule has 0 fully saturated rings. The average Bonchev–Trinajstić information content (AvgIpc) is 2.84. The lowest BCUT2D eigenvalue weighted by molar-refractivity contribution is 0.694. The number of allylic oxidation sites excluding steroid dienone is 4. The van der Waals surface area contributed by atoms with E-state index in [1.165, 1.54) is 54.6 Å². The first-order valence-electron chi connectivity index (χ1n) is 10.8. The zero-order chi connectivity index (χ0) is 20.6. The number of rotatable bonds is 0. The standard InChI is InChI=1S/C30H19I/c31-30-26-15-7-5-12-22(26)21-11-3-4-14-25(21)29(30)28-20-10-2-1-9-19(20)17-18-24(28)23-13-6-8-16-27(23)30/h1-18,27H. The predicted octanol–water partition coefficient (Wildman–Crippen LogP) is 6.26. The van der Waals surface area contributed by atoms with Crippen molar-refractivity contribution >= 4 is 44.5 Å². The minimum absolute atomic E-state index is 0.156. The Morgan fingerprint density at radius 2 is 1.42 bits per heavy atom. The van der Waals surface area contributed by atoms with E-state index >= 15 is 0 Å². The Morgan fingerprint density at radius 3 is 2.32 bits per heavy atom. The van der Waals surface area contributed by atoms with E-state index in [0.29, 0.717) is 5.92 Å². The summed E-state index contributed by atoms with van der Waals surface area (Å²) >= 11 is 2.78. The van der Waals surface area contributed by atoms with Gasteiger partial charge in [0.1, 0.15) is 0 Å². The topological polar surface area (TPSA) is 0 Å². The lowest BCUT2D eigenvalue weighted by Gasteiger charge is -2.46. The van der Waals surface area contributed by atoms with Gasteiger partial charge in [0.25, 0.3) is 0 Å². The van der Waals surface area contributed by atoms with E-state index in [1.54, 1.807) is 0 Å². The van der Waals surface area contributed by atoms with E-state index in [4.69, 9.17) is 0 Å². The van der Waals surface area contributed by atoms with Gasteiger partial charge >= 0.3 is 0 Å². The zero-order valence-corrected chi connectivity index (χ0v) is 19.0. The molecule has 0 saturated carbocycles. The van der Waals surface area contributed by atoms with Gasteiger partial charge in [0.15, 0.2) is 0 Å². The van der Waals surface area contributed by atoms with Gasteiger partial charge in [-0.1, -0.05) is 132 Å². The highest BCUT2D eigenvalue weighted by atomic mass is 127. The first-order chi connectivity index (χ1) is 15.3. The van der Waals surface area contributed by atoms with Gasteiger partial charge in [-0.15, -0.1) is 0 Å². The van der Waals surface area contributed by atoms with Gasteiger partial charge in [0.05, 0.1) is 3.42 Å². The van der Waals surface area contributed by atoms with Crippen LogP contribution in [0.5, 0.6) is 0 Å². The van der Waals surface area contributed by atoms with E-state index < -0.39 is 0 Å². The Labute approximate surface area is 195 Å². The molecule has 0 heterocycles. The van der Waals surface area contributed by atoms with Crippen LogP contribution >= 0.6 is 22.6 Å². The molecule has 0 aliphatic heterocycles. The summed E-state index contributed by atoms with van der Waals surface area (Å²) in [5, 5.41) is 5.43. The van der Waals surface area contributed by atoms with Gasteiger partial charge in [-0.05, 0) is 54.6 Å². The maximum atomic E-state index is 2.78. The molecule has 0 nitrogen and oxygen atoms in total. The molecular weight excluding hydrogens is 487 g/mol. The molecule has 3 aliphatic rings. The molecule has 0 bridgehead atoms. The van der Waals surface area contributed by atoms with E-state index in [1.807, 2.05) is 0 Å². The fourth-order valence-electron chi connectivity index (χ4n) is 5.87. The Balaban J connectivity index is 1.83. The quantitative estimate of drug-likeness (QED) is 0.195. The molecule has 0 radical (unpaired) electrons. The van der Waals surface area contributed by atoms with Crippen molar-refractivity contribution in [1.82, 2.24) is 0 Å². The Bertz CT molecular complexity index is 1600. The molecule has 4 aromatic carbocycles. The SMILES string of the molecule is IC12C(=c3c(ccc4ccccc34)=C3C=CC=CC31)c1ccccc1-c1ccccc12. The normalized spacial score (nSPS) is 22.4. The van der Waals surface area contributed by atoms with Crippen LogP contribution in [-0.4, -0.2) is 0 Å². The lowest BCUT2D eigenvalue weighted by Crippen LogP contribution is -2.47. The Morgan fingerprint density at radius 1 is 0.677 bits per heavy atom. The molecule has 2 unspecified atom stereocenters. The van der Waals surface area contributed by atoms with Crippen LogP contribution in [-0.2, 0) is 3.42 Å². The molecule has 3 aliphatic carbocycles. The minimum Gasteiger partial charge on any atom is -0.0750 e. The van der Waals surface area contributed by atoms with Gasteiger partial charge in [0, 0.05) is 5.92 Å². The number of hydrogen-bond donors (Lipinski definition) is 0. The first kappa shape index (κ1) is 17.7. The fourth-order valence-corrected chi connectivity index (χ4v) is 7.44. The van der Waals surface area contributed by atoms with Gasteiger partial charge in [-0.3, -0.25) is 0 Å². The number of fused-ring (bicyclic) bond motifs is 11. The number of halogens is 1. The van der Waals surface area contributed by atoms with Crippen molar-refractivity contribution in [2.75, 3.05) is 0 Å². The van der Waals surface area contributed by atoms with Crippen LogP contribution in [0.4, 0.5) is 0 Å². The van der Waals surface area contributed by atoms with Gasteiger partial charge < -0.3 is 0 Å². The molecule has 7 rings (SSSR count). The molecule has 0 N–H and O–H groups in total. The van der Waals surface area contributed by atoms with Gasteiger partial charge in [0.2, 0.25) is 0 Å². The van der Waals surface area contributed by atoms with Crippen molar-refractivity contribution in [3.05, 3.63) is 131 Å². The third kappa shape index (κ3) is 2.20. The van der Waals surface area contributed by atoms with Crippen LogP contribution in [0.15, 0.2) is 109 Å². The van der Waals surface area contributed by atoms with E-state index in [0.717, 1.165) is 0 Å². The number of hydrogen-bond acceptors (Lipinski definition) is 0. The Kier molecular flexibility index (Phi) is 3.61. The van der Waals surface area contributed by atoms with Crippen LogP contribution in [0.2, 0.25) is 0 Å². The Hall–Kier alpha value is -2.91. The van der Waals surface area contributed by atoms with Crippen LogP contribution in [0, 0.1) is 5.92 Å². The maximum Gasteiger partial charge on any atom is 0.0840 e. The summed E-state index contributed by atoms with van der Waals surface area (Å²) in [7, 11) is 0. The van der Waals surface area contributed by atoms with Crippen molar-refractivity contribution in [2.45, 2.75) is 3.42 Å². The van der Waals surface area contributed by atoms with Crippen LogP contribution in [0.1, 0.15) is 11.1 Å². The van der Waals surface area contributed by atoms with Gasteiger partial charge in [-0.2, -0.15) is 0 Å². The summed E-state index contributed by atoms with van der Waals surface area (Å²) in [6, 6.07) is 31.5. The summed E-state index contributed by atoms with van der Waals surface area (Å²) in [4.78, 5) is 0. The molecule has 2 atom stereocenters. The van der Waals surface area contributed by atoms with Crippen molar-refractivity contribution in [1.29, 1.82) is 0 Å².